The fourth-order valence-corrected chi connectivity index (χ4v) is 1.73. The summed E-state index contributed by atoms with van der Waals surface area (Å²) in [5.41, 5.74) is 1.46. The smallest absolute Gasteiger partial charge is 0.130 e. The van der Waals surface area contributed by atoms with Crippen LogP contribution in [0, 0.1) is 5.41 Å². The molecule has 0 radical (unpaired) electrons. The van der Waals surface area contributed by atoms with Crippen LogP contribution in [0.5, 0.6) is 0 Å². The van der Waals surface area contributed by atoms with E-state index in [9.17, 15) is 0 Å². The molecule has 2 heteroatoms. The molecule has 0 aromatic heterocycles. The Labute approximate surface area is 91.6 Å². The summed E-state index contributed by atoms with van der Waals surface area (Å²) in [6.07, 6.45) is 0. The van der Waals surface area contributed by atoms with Crippen LogP contribution in [-0.4, -0.2) is 18.9 Å². The predicted molar refractivity (Wildman–Crippen MR) is 65.5 cm³/mol. The van der Waals surface area contributed by atoms with Crippen molar-refractivity contribution in [3.05, 3.63) is 30.3 Å². The molecule has 1 aliphatic heterocycles. The molecule has 1 unspecified atom stereocenters. The summed E-state index contributed by atoms with van der Waals surface area (Å²) >= 11 is 0. The zero-order valence-corrected chi connectivity index (χ0v) is 9.86. The van der Waals surface area contributed by atoms with Crippen molar-refractivity contribution in [1.82, 2.24) is 0 Å². The highest BCUT2D eigenvalue weighted by atomic mass is 15.3. The normalized spacial score (nSPS) is 19.7. The third-order valence-electron chi connectivity index (χ3n) is 2.75. The van der Waals surface area contributed by atoms with Gasteiger partial charge in [0.2, 0.25) is 0 Å². The number of rotatable bonds is 1. The molecule has 1 heterocycles. The highest BCUT2D eigenvalue weighted by molar-refractivity contribution is 6.10. The molecule has 0 N–H and O–H groups in total. The van der Waals surface area contributed by atoms with Crippen molar-refractivity contribution in [2.45, 2.75) is 26.8 Å². The van der Waals surface area contributed by atoms with Crippen LogP contribution in [0.2, 0.25) is 0 Å². The Morgan fingerprint density at radius 3 is 2.20 bits per heavy atom. The average Bonchev–Trinajstić information content (AvgIpc) is 2.97. The van der Waals surface area contributed by atoms with Gasteiger partial charge in [-0.05, 0) is 17.5 Å². The third-order valence-corrected chi connectivity index (χ3v) is 2.75. The van der Waals surface area contributed by atoms with E-state index in [0.717, 1.165) is 0 Å². The third kappa shape index (κ3) is 2.04. The van der Waals surface area contributed by atoms with Crippen LogP contribution in [0.1, 0.15) is 20.8 Å². The first-order chi connectivity index (χ1) is 7.00. The van der Waals surface area contributed by atoms with Gasteiger partial charge in [-0.2, -0.15) is 0 Å². The van der Waals surface area contributed by atoms with Gasteiger partial charge in [-0.3, -0.25) is 4.99 Å². The maximum Gasteiger partial charge on any atom is 0.130 e. The highest BCUT2D eigenvalue weighted by Gasteiger charge is 2.40. The largest absolute Gasteiger partial charge is 0.331 e. The number of nitrogens with zero attached hydrogens (tertiary/aromatic N) is 2. The lowest BCUT2D eigenvalue weighted by atomic mass is 9.90. The van der Waals surface area contributed by atoms with Crippen LogP contribution in [0.25, 0.3) is 0 Å². The molecule has 1 aromatic rings. The van der Waals surface area contributed by atoms with Gasteiger partial charge in [-0.1, -0.05) is 39.0 Å². The van der Waals surface area contributed by atoms with Crippen LogP contribution in [0.15, 0.2) is 35.3 Å². The van der Waals surface area contributed by atoms with E-state index < -0.39 is 0 Å². The van der Waals surface area contributed by atoms with Crippen LogP contribution in [0.4, 0.5) is 5.69 Å². The number of benzene rings is 1. The Balaban J connectivity index is 2.07. The molecule has 1 aromatic carbocycles. The SMILES string of the molecule is CN(C1=NC1C(C)(C)C)c1ccccc1. The van der Waals surface area contributed by atoms with Gasteiger partial charge in [-0.15, -0.1) is 0 Å². The van der Waals surface area contributed by atoms with Gasteiger partial charge < -0.3 is 4.90 Å². The van der Waals surface area contributed by atoms with E-state index in [-0.39, 0.29) is 5.41 Å². The molecule has 0 saturated carbocycles. The molecule has 1 atom stereocenters. The summed E-state index contributed by atoms with van der Waals surface area (Å²) in [6.45, 7) is 6.69. The van der Waals surface area contributed by atoms with E-state index in [1.54, 1.807) is 0 Å². The fourth-order valence-electron chi connectivity index (χ4n) is 1.73. The van der Waals surface area contributed by atoms with E-state index in [1.807, 2.05) is 6.07 Å². The van der Waals surface area contributed by atoms with Crippen LogP contribution in [0.3, 0.4) is 0 Å². The van der Waals surface area contributed by atoms with Crippen molar-refractivity contribution in [3.63, 3.8) is 0 Å². The topological polar surface area (TPSA) is 15.6 Å². The number of hydrogen-bond acceptors (Lipinski definition) is 2. The minimum Gasteiger partial charge on any atom is -0.331 e. The highest BCUT2D eigenvalue weighted by Crippen LogP contribution is 2.34. The zero-order valence-electron chi connectivity index (χ0n) is 9.86. The Kier molecular flexibility index (Phi) is 2.29. The summed E-state index contributed by atoms with van der Waals surface area (Å²) in [6, 6.07) is 10.8. The molecular formula is C13H18N2. The first-order valence-electron chi connectivity index (χ1n) is 5.36. The van der Waals surface area contributed by atoms with Gasteiger partial charge in [0.05, 0.1) is 0 Å². The van der Waals surface area contributed by atoms with Crippen LogP contribution < -0.4 is 4.90 Å². The first kappa shape index (κ1) is 10.2. The maximum absolute atomic E-state index is 4.54. The second-order valence-electron chi connectivity index (χ2n) is 5.15. The maximum atomic E-state index is 4.54. The number of anilines is 1. The average molecular weight is 202 g/mol. The quantitative estimate of drug-likeness (QED) is 0.683. The Bertz CT molecular complexity index is 373. The minimum absolute atomic E-state index is 0.248. The Morgan fingerprint density at radius 1 is 1.13 bits per heavy atom. The fraction of sp³-hybridized carbons (Fsp3) is 0.462. The molecule has 2 rings (SSSR count). The first-order valence-corrected chi connectivity index (χ1v) is 5.36. The van der Waals surface area contributed by atoms with Gasteiger partial charge in [-0.25, -0.2) is 0 Å². The predicted octanol–water partition coefficient (Wildman–Crippen LogP) is 2.95. The van der Waals surface area contributed by atoms with E-state index in [2.05, 4.69) is 62.0 Å². The molecule has 0 aliphatic carbocycles. The lowest BCUT2D eigenvalue weighted by Crippen LogP contribution is -2.29. The van der Waals surface area contributed by atoms with Crippen LogP contribution in [-0.2, 0) is 0 Å². The molecule has 0 bridgehead atoms. The summed E-state index contributed by atoms with van der Waals surface area (Å²) < 4.78 is 0. The summed E-state index contributed by atoms with van der Waals surface area (Å²) in [5, 5.41) is 0. The second-order valence-corrected chi connectivity index (χ2v) is 5.15. The standard InChI is InChI=1S/C13H18N2/c1-13(2,3)11-12(14-11)15(4)10-8-6-5-7-9-10/h5-9,11H,1-4H3. The summed E-state index contributed by atoms with van der Waals surface area (Å²) in [7, 11) is 2.08. The van der Waals surface area contributed by atoms with Crippen molar-refractivity contribution in [1.29, 1.82) is 0 Å². The van der Waals surface area contributed by atoms with Gasteiger partial charge >= 0.3 is 0 Å². The van der Waals surface area contributed by atoms with Crippen molar-refractivity contribution in [2.24, 2.45) is 10.4 Å². The lowest BCUT2D eigenvalue weighted by molar-refractivity contribution is 0.414. The number of amidine groups is 1. The second kappa shape index (κ2) is 3.37. The number of hydrogen-bond donors (Lipinski definition) is 0. The van der Waals surface area contributed by atoms with E-state index in [1.165, 1.54) is 11.5 Å². The molecule has 15 heavy (non-hydrogen) atoms. The molecule has 0 fully saturated rings. The van der Waals surface area contributed by atoms with Gasteiger partial charge in [0.15, 0.2) is 0 Å². The summed E-state index contributed by atoms with van der Waals surface area (Å²) in [4.78, 5) is 6.72. The molecule has 0 saturated heterocycles. The van der Waals surface area contributed by atoms with Crippen molar-refractivity contribution in [2.75, 3.05) is 11.9 Å². The van der Waals surface area contributed by atoms with Gasteiger partial charge in [0, 0.05) is 12.7 Å². The van der Waals surface area contributed by atoms with Gasteiger partial charge in [0.1, 0.15) is 11.9 Å². The van der Waals surface area contributed by atoms with E-state index in [4.69, 9.17) is 0 Å². The van der Waals surface area contributed by atoms with E-state index in [0.29, 0.717) is 6.04 Å². The summed E-state index contributed by atoms with van der Waals surface area (Å²) in [5.74, 6) is 1.20. The molecule has 80 valence electrons. The van der Waals surface area contributed by atoms with Crippen molar-refractivity contribution < 1.29 is 0 Å². The Hall–Kier alpha value is -1.31. The number of likely N-dealkylation sites (N-methyl/N-ethyl adjacent to an activating group) is 1. The molecule has 0 amide bonds. The monoisotopic (exact) mass is 202 g/mol. The molecule has 1 aliphatic rings. The molecule has 2 nitrogen and oxygen atoms in total. The number of para-hydroxylation sites is 1. The van der Waals surface area contributed by atoms with Crippen LogP contribution >= 0.6 is 0 Å². The van der Waals surface area contributed by atoms with Crippen molar-refractivity contribution in [3.8, 4) is 0 Å². The van der Waals surface area contributed by atoms with Crippen molar-refractivity contribution >= 4 is 11.5 Å². The Morgan fingerprint density at radius 2 is 1.73 bits per heavy atom. The van der Waals surface area contributed by atoms with E-state index >= 15 is 0 Å². The lowest BCUT2D eigenvalue weighted by Gasteiger charge is -2.20. The molecule has 0 spiro atoms. The molecular weight excluding hydrogens is 184 g/mol. The minimum atomic E-state index is 0.248. The zero-order chi connectivity index (χ0) is 11.1. The number of aliphatic imine (C=N–C) groups is 1. The van der Waals surface area contributed by atoms with Gasteiger partial charge in [0.25, 0.3) is 0 Å².